The van der Waals surface area contributed by atoms with Crippen LogP contribution in [0.1, 0.15) is 103 Å². The van der Waals surface area contributed by atoms with Gasteiger partial charge in [-0.25, -0.2) is 0 Å². The number of rotatable bonds is 12. The maximum Gasteiger partial charge on any atom is 0.294 e. The van der Waals surface area contributed by atoms with Crippen molar-refractivity contribution in [3.63, 3.8) is 0 Å². The summed E-state index contributed by atoms with van der Waals surface area (Å²) in [6.45, 7) is 18.5. The van der Waals surface area contributed by atoms with E-state index in [1.54, 1.807) is 6.07 Å². The minimum absolute atomic E-state index is 0.177. The minimum Gasteiger partial charge on any atom is -0.344 e. The SMILES string of the molecule is Cc1ccc(C2=C(/C=C/C3=[N+](CCC(C)C)c4ccc5ccccc5c4C3(C)C)CCC/C2=C\C=C2\N(CCC(C)S(=O)(=O)O)c3ccc4cc(S(=O)(=O)O)ccc4c3C2(C)C)cc1. The Morgan fingerprint density at radius 2 is 1.45 bits per heavy atom. The highest BCUT2D eigenvalue weighted by Gasteiger charge is 2.46. The average Bonchev–Trinajstić information content (AvgIpc) is 3.60. The maximum absolute atomic E-state index is 12.2. The summed E-state index contributed by atoms with van der Waals surface area (Å²) in [7, 11) is -8.67. The van der Waals surface area contributed by atoms with Crippen LogP contribution in [0, 0.1) is 12.8 Å². The predicted octanol–water partition coefficient (Wildman–Crippen LogP) is 12.4. The molecule has 1 atom stereocenters. The molecule has 0 radical (unpaired) electrons. The molecule has 0 saturated carbocycles. The summed E-state index contributed by atoms with van der Waals surface area (Å²) in [4.78, 5) is 1.97. The van der Waals surface area contributed by atoms with Crippen LogP contribution in [0.4, 0.5) is 11.4 Å². The van der Waals surface area contributed by atoms with Gasteiger partial charge in [0.2, 0.25) is 5.69 Å². The van der Waals surface area contributed by atoms with Gasteiger partial charge in [-0.05, 0) is 139 Å². The fourth-order valence-electron chi connectivity index (χ4n) is 10.3. The molecule has 1 aliphatic carbocycles. The Labute approximate surface area is 379 Å². The highest BCUT2D eigenvalue weighted by Crippen LogP contribution is 2.52. The van der Waals surface area contributed by atoms with Crippen molar-refractivity contribution >= 4 is 64.4 Å². The lowest BCUT2D eigenvalue weighted by Crippen LogP contribution is -2.30. The molecule has 0 spiro atoms. The second-order valence-electron chi connectivity index (χ2n) is 19.4. The van der Waals surface area contributed by atoms with Crippen molar-refractivity contribution in [2.24, 2.45) is 5.92 Å². The third kappa shape index (κ3) is 8.46. The van der Waals surface area contributed by atoms with Crippen LogP contribution in [-0.2, 0) is 31.1 Å². The maximum atomic E-state index is 12.2. The minimum atomic E-state index is -4.41. The zero-order valence-electron chi connectivity index (χ0n) is 38.3. The number of hydrogen-bond donors (Lipinski definition) is 2. The normalized spacial score (nSPS) is 19.3. The van der Waals surface area contributed by atoms with Crippen LogP contribution < -0.4 is 4.90 Å². The number of anilines is 1. The molecule has 64 heavy (non-hydrogen) atoms. The smallest absolute Gasteiger partial charge is 0.294 e. The number of benzene rings is 5. The Morgan fingerprint density at radius 1 is 0.750 bits per heavy atom. The van der Waals surface area contributed by atoms with Crippen molar-refractivity contribution in [1.82, 2.24) is 0 Å². The summed E-state index contributed by atoms with van der Waals surface area (Å²) in [5, 5.41) is 3.09. The lowest BCUT2D eigenvalue weighted by Gasteiger charge is -2.28. The standard InChI is InChI=1S/C54H60N2O6S2/c1-35(2)30-32-55-46-26-20-38-12-9-10-15-44(38)51(46)53(5,6)48(55)28-22-39-13-11-14-40(50(39)41-18-16-36(3)17-19-41)23-29-49-54(7,8)52-45-25-24-43(64(60,61)62)34-42(45)21-27-47(52)56(49)33-31-37(4)63(57,58)59/h9-10,12,15-29,34-35,37H,11,13-14,30-33H2,1-8H3,(H-,57,58,59,60,61,62)/p+1. The molecule has 0 saturated heterocycles. The molecule has 0 amide bonds. The number of nitrogens with zero attached hydrogens (tertiary/aromatic N) is 2. The van der Waals surface area contributed by atoms with Crippen LogP contribution in [0.25, 0.3) is 27.1 Å². The molecule has 0 fully saturated rings. The number of hydrogen-bond acceptors (Lipinski definition) is 5. The molecule has 1 unspecified atom stereocenters. The van der Waals surface area contributed by atoms with Crippen LogP contribution >= 0.6 is 0 Å². The van der Waals surface area contributed by atoms with Crippen LogP contribution in [0.2, 0.25) is 0 Å². The lowest BCUT2D eigenvalue weighted by molar-refractivity contribution is -0.439. The van der Waals surface area contributed by atoms with Crippen molar-refractivity contribution in [3.05, 3.63) is 154 Å². The molecule has 10 heteroatoms. The first-order chi connectivity index (χ1) is 30.2. The molecule has 0 aromatic heterocycles. The summed E-state index contributed by atoms with van der Waals surface area (Å²) in [5.41, 5.74) is 12.0. The highest BCUT2D eigenvalue weighted by molar-refractivity contribution is 7.86. The van der Waals surface area contributed by atoms with Gasteiger partial charge >= 0.3 is 0 Å². The van der Waals surface area contributed by atoms with Crippen molar-refractivity contribution in [1.29, 1.82) is 0 Å². The number of aryl methyl sites for hydroxylation is 1. The second kappa shape index (κ2) is 17.0. The first-order valence-electron chi connectivity index (χ1n) is 22.5. The second-order valence-corrected chi connectivity index (χ2v) is 22.7. The Hall–Kier alpha value is -5.13. The quantitative estimate of drug-likeness (QED) is 0.0946. The largest absolute Gasteiger partial charge is 0.344 e. The first-order valence-corrected chi connectivity index (χ1v) is 25.5. The number of fused-ring (bicyclic) bond motifs is 6. The Balaban J connectivity index is 1.27. The van der Waals surface area contributed by atoms with E-state index in [9.17, 15) is 25.9 Å². The summed E-state index contributed by atoms with van der Waals surface area (Å²) < 4.78 is 71.0. The van der Waals surface area contributed by atoms with Gasteiger partial charge in [-0.15, -0.1) is 0 Å². The van der Waals surface area contributed by atoms with E-state index >= 15 is 0 Å². The van der Waals surface area contributed by atoms with E-state index in [1.807, 2.05) is 12.1 Å². The topological polar surface area (TPSA) is 115 Å². The van der Waals surface area contributed by atoms with Crippen molar-refractivity contribution in [2.45, 2.75) is 108 Å². The van der Waals surface area contributed by atoms with E-state index < -0.39 is 30.9 Å². The lowest BCUT2D eigenvalue weighted by atomic mass is 9.78. The molecular weight excluding hydrogens is 837 g/mol. The Bertz CT molecular complexity index is 3080. The number of allylic oxidation sites excluding steroid dienone is 8. The first kappa shape index (κ1) is 45.4. The predicted molar refractivity (Wildman–Crippen MR) is 263 cm³/mol. The fraction of sp³-hybridized carbons (Fsp3) is 0.352. The molecular formula is C54H61N2O6S2+. The van der Waals surface area contributed by atoms with Gasteiger partial charge < -0.3 is 4.90 Å². The summed E-state index contributed by atoms with van der Waals surface area (Å²) >= 11 is 0. The molecule has 8 nitrogen and oxygen atoms in total. The van der Waals surface area contributed by atoms with Crippen LogP contribution in [0.3, 0.4) is 0 Å². The molecule has 2 aliphatic heterocycles. The van der Waals surface area contributed by atoms with E-state index in [0.717, 1.165) is 60.1 Å². The van der Waals surface area contributed by atoms with Crippen LogP contribution in [0.5, 0.6) is 0 Å². The Kier molecular flexibility index (Phi) is 12.1. The van der Waals surface area contributed by atoms with E-state index in [2.05, 4.69) is 143 Å². The molecule has 5 aromatic rings. The van der Waals surface area contributed by atoms with E-state index in [-0.39, 0.29) is 16.7 Å². The van der Waals surface area contributed by atoms with E-state index in [4.69, 9.17) is 0 Å². The van der Waals surface area contributed by atoms with Gasteiger partial charge in [-0.1, -0.05) is 106 Å². The average molecular weight is 898 g/mol. The third-order valence-electron chi connectivity index (χ3n) is 13.8. The summed E-state index contributed by atoms with van der Waals surface area (Å²) in [6, 6.07) is 30.5. The van der Waals surface area contributed by atoms with Crippen LogP contribution in [-0.4, -0.2) is 54.6 Å². The van der Waals surface area contributed by atoms with Crippen molar-refractivity contribution < 1.29 is 30.5 Å². The van der Waals surface area contributed by atoms with Gasteiger partial charge in [0.25, 0.3) is 20.2 Å². The van der Waals surface area contributed by atoms with Gasteiger partial charge in [0.15, 0.2) is 5.71 Å². The Morgan fingerprint density at radius 3 is 2.16 bits per heavy atom. The van der Waals surface area contributed by atoms with Gasteiger partial charge in [0.1, 0.15) is 6.54 Å². The molecule has 0 bridgehead atoms. The monoisotopic (exact) mass is 897 g/mol. The zero-order chi connectivity index (χ0) is 45.9. The van der Waals surface area contributed by atoms with E-state index in [1.165, 1.54) is 69.1 Å². The van der Waals surface area contributed by atoms with Crippen LogP contribution in [0.15, 0.2) is 137 Å². The molecule has 3 aliphatic rings. The summed E-state index contributed by atoms with van der Waals surface area (Å²) in [5.74, 6) is 0.560. The zero-order valence-corrected chi connectivity index (χ0v) is 39.9. The van der Waals surface area contributed by atoms with E-state index in [0.29, 0.717) is 17.8 Å². The van der Waals surface area contributed by atoms with Gasteiger partial charge in [0.05, 0.1) is 15.6 Å². The molecule has 8 rings (SSSR count). The van der Waals surface area contributed by atoms with Gasteiger partial charge in [0, 0.05) is 47.5 Å². The fourth-order valence-corrected chi connectivity index (χ4v) is 11.2. The van der Waals surface area contributed by atoms with Crippen molar-refractivity contribution in [2.75, 3.05) is 18.0 Å². The molecule has 334 valence electrons. The third-order valence-corrected chi connectivity index (χ3v) is 15.9. The summed E-state index contributed by atoms with van der Waals surface area (Å²) in [6.07, 6.45) is 13.2. The van der Waals surface area contributed by atoms with Crippen molar-refractivity contribution in [3.8, 4) is 0 Å². The molecule has 2 heterocycles. The molecule has 5 aromatic carbocycles. The highest BCUT2D eigenvalue weighted by atomic mass is 32.2. The van der Waals surface area contributed by atoms with Gasteiger partial charge in [-0.2, -0.15) is 21.4 Å². The molecule has 2 N–H and O–H groups in total. The van der Waals surface area contributed by atoms with Gasteiger partial charge in [-0.3, -0.25) is 9.11 Å².